The second kappa shape index (κ2) is 6.45. The Bertz CT molecular complexity index is 523. The Hall–Kier alpha value is -1.71. The molecule has 2 nitrogen and oxygen atoms in total. The van der Waals surface area contributed by atoms with E-state index in [0.717, 1.165) is 12.8 Å². The fourth-order valence-corrected chi connectivity index (χ4v) is 2.15. The zero-order valence-electron chi connectivity index (χ0n) is 11.1. The normalized spacial score (nSPS) is 12.4. The summed E-state index contributed by atoms with van der Waals surface area (Å²) >= 11 is 0. The van der Waals surface area contributed by atoms with Crippen LogP contribution in [-0.4, -0.2) is 0 Å². The highest BCUT2D eigenvalue weighted by molar-refractivity contribution is 5.24. The fourth-order valence-electron chi connectivity index (χ4n) is 2.15. The van der Waals surface area contributed by atoms with Crippen LogP contribution in [-0.2, 0) is 6.42 Å². The molecule has 3 heteroatoms. The molecule has 0 saturated carbocycles. The van der Waals surface area contributed by atoms with Crippen LogP contribution in [0.25, 0.3) is 0 Å². The topological polar surface area (TPSA) is 38.0 Å². The van der Waals surface area contributed by atoms with E-state index in [2.05, 4.69) is 36.6 Å². The van der Waals surface area contributed by atoms with Crippen LogP contribution in [0.4, 0.5) is 4.39 Å². The van der Waals surface area contributed by atoms with E-state index in [-0.39, 0.29) is 11.9 Å². The minimum atomic E-state index is -0.214. The van der Waals surface area contributed by atoms with Crippen LogP contribution in [0.2, 0.25) is 0 Å². The van der Waals surface area contributed by atoms with Crippen LogP contribution in [0.1, 0.15) is 29.2 Å². The molecule has 2 rings (SSSR count). The number of nitrogens with two attached hydrogens (primary N) is 1. The lowest BCUT2D eigenvalue weighted by Crippen LogP contribution is -2.29. The van der Waals surface area contributed by atoms with Gasteiger partial charge in [-0.05, 0) is 31.4 Å². The number of aryl methyl sites for hydroxylation is 2. The average molecular weight is 258 g/mol. The zero-order valence-corrected chi connectivity index (χ0v) is 11.1. The highest BCUT2D eigenvalue weighted by atomic mass is 19.1. The number of hydrazine groups is 1. The molecule has 3 N–H and O–H groups in total. The first-order valence-electron chi connectivity index (χ1n) is 6.47. The van der Waals surface area contributed by atoms with E-state index in [1.54, 1.807) is 12.1 Å². The quantitative estimate of drug-likeness (QED) is 0.638. The maximum Gasteiger partial charge on any atom is 0.128 e. The van der Waals surface area contributed by atoms with Crippen LogP contribution in [0.5, 0.6) is 0 Å². The largest absolute Gasteiger partial charge is 0.271 e. The molecule has 100 valence electrons. The Labute approximate surface area is 113 Å². The summed E-state index contributed by atoms with van der Waals surface area (Å²) in [6.45, 7) is 2.06. The Morgan fingerprint density at radius 2 is 1.79 bits per heavy atom. The summed E-state index contributed by atoms with van der Waals surface area (Å²) in [5.41, 5.74) is 5.80. The Kier molecular flexibility index (Phi) is 4.66. The molecule has 0 spiro atoms. The van der Waals surface area contributed by atoms with Crippen molar-refractivity contribution in [2.75, 3.05) is 0 Å². The van der Waals surface area contributed by atoms with Crippen molar-refractivity contribution in [3.8, 4) is 0 Å². The minimum absolute atomic E-state index is 0.164. The SMILES string of the molecule is Cc1ccc(CCC(NN)c2ccccc2F)cc1. The second-order valence-electron chi connectivity index (χ2n) is 4.77. The van der Waals surface area contributed by atoms with E-state index >= 15 is 0 Å². The molecule has 2 aromatic carbocycles. The van der Waals surface area contributed by atoms with Gasteiger partial charge in [0.15, 0.2) is 0 Å². The fraction of sp³-hybridized carbons (Fsp3) is 0.250. The maximum absolute atomic E-state index is 13.7. The summed E-state index contributed by atoms with van der Waals surface area (Å²) in [5, 5.41) is 0. The van der Waals surface area contributed by atoms with E-state index in [0.29, 0.717) is 5.56 Å². The van der Waals surface area contributed by atoms with Gasteiger partial charge in [0, 0.05) is 11.6 Å². The lowest BCUT2D eigenvalue weighted by atomic mass is 9.98. The molecule has 0 aliphatic rings. The van der Waals surface area contributed by atoms with Gasteiger partial charge in [0.1, 0.15) is 5.82 Å². The first-order chi connectivity index (χ1) is 9.20. The van der Waals surface area contributed by atoms with Crippen LogP contribution in [0.3, 0.4) is 0 Å². The second-order valence-corrected chi connectivity index (χ2v) is 4.77. The summed E-state index contributed by atoms with van der Waals surface area (Å²) in [5.74, 6) is 5.33. The monoisotopic (exact) mass is 258 g/mol. The van der Waals surface area contributed by atoms with Crippen molar-refractivity contribution >= 4 is 0 Å². The number of benzene rings is 2. The van der Waals surface area contributed by atoms with Gasteiger partial charge in [-0.2, -0.15) is 0 Å². The van der Waals surface area contributed by atoms with E-state index in [1.165, 1.54) is 17.2 Å². The van der Waals surface area contributed by atoms with Crippen LogP contribution in [0.15, 0.2) is 48.5 Å². The van der Waals surface area contributed by atoms with E-state index in [4.69, 9.17) is 5.84 Å². The third-order valence-corrected chi connectivity index (χ3v) is 3.32. The number of rotatable bonds is 5. The van der Waals surface area contributed by atoms with Crippen molar-refractivity contribution in [1.29, 1.82) is 0 Å². The molecular weight excluding hydrogens is 239 g/mol. The van der Waals surface area contributed by atoms with Crippen molar-refractivity contribution in [1.82, 2.24) is 5.43 Å². The highest BCUT2D eigenvalue weighted by Crippen LogP contribution is 2.21. The van der Waals surface area contributed by atoms with Crippen LogP contribution >= 0.6 is 0 Å². The molecule has 0 aromatic heterocycles. The lowest BCUT2D eigenvalue weighted by molar-refractivity contribution is 0.485. The molecule has 19 heavy (non-hydrogen) atoms. The number of halogens is 1. The summed E-state index contributed by atoms with van der Waals surface area (Å²) in [7, 11) is 0. The molecular formula is C16H19FN2. The lowest BCUT2D eigenvalue weighted by Gasteiger charge is -2.17. The zero-order chi connectivity index (χ0) is 13.7. The number of hydrogen-bond acceptors (Lipinski definition) is 2. The van der Waals surface area contributed by atoms with Gasteiger partial charge >= 0.3 is 0 Å². The summed E-state index contributed by atoms with van der Waals surface area (Å²) in [4.78, 5) is 0. The standard InChI is InChI=1S/C16H19FN2/c1-12-6-8-13(9-7-12)10-11-16(19-18)14-4-2-3-5-15(14)17/h2-9,16,19H,10-11,18H2,1H3. The number of nitrogens with one attached hydrogen (secondary N) is 1. The molecule has 0 radical (unpaired) electrons. The number of hydrogen-bond donors (Lipinski definition) is 2. The Morgan fingerprint density at radius 1 is 1.11 bits per heavy atom. The maximum atomic E-state index is 13.7. The molecule has 0 saturated heterocycles. The minimum Gasteiger partial charge on any atom is -0.271 e. The van der Waals surface area contributed by atoms with Crippen molar-refractivity contribution in [2.24, 2.45) is 5.84 Å². The Balaban J connectivity index is 2.04. The van der Waals surface area contributed by atoms with Gasteiger partial charge in [-0.1, -0.05) is 48.0 Å². The van der Waals surface area contributed by atoms with Gasteiger partial charge < -0.3 is 0 Å². The average Bonchev–Trinajstić information content (AvgIpc) is 2.43. The predicted octanol–water partition coefficient (Wildman–Crippen LogP) is 3.27. The third kappa shape index (κ3) is 3.63. The molecule has 0 heterocycles. The molecule has 0 aliphatic carbocycles. The third-order valence-electron chi connectivity index (χ3n) is 3.32. The van der Waals surface area contributed by atoms with Crippen LogP contribution < -0.4 is 11.3 Å². The summed E-state index contributed by atoms with van der Waals surface area (Å²) in [6.07, 6.45) is 1.63. The smallest absolute Gasteiger partial charge is 0.128 e. The molecule has 0 amide bonds. The van der Waals surface area contributed by atoms with E-state index in [9.17, 15) is 4.39 Å². The molecule has 2 aromatic rings. The van der Waals surface area contributed by atoms with Crippen molar-refractivity contribution in [3.63, 3.8) is 0 Å². The molecule has 1 unspecified atom stereocenters. The molecule has 0 fully saturated rings. The molecule has 1 atom stereocenters. The van der Waals surface area contributed by atoms with Gasteiger partial charge in [0.05, 0.1) is 0 Å². The Morgan fingerprint density at radius 3 is 2.42 bits per heavy atom. The van der Waals surface area contributed by atoms with Gasteiger partial charge in [0.2, 0.25) is 0 Å². The first-order valence-corrected chi connectivity index (χ1v) is 6.47. The molecule has 0 aliphatic heterocycles. The summed E-state index contributed by atoms with van der Waals surface area (Å²) in [6, 6.07) is 15.0. The van der Waals surface area contributed by atoms with Crippen molar-refractivity contribution in [2.45, 2.75) is 25.8 Å². The molecule has 0 bridgehead atoms. The van der Waals surface area contributed by atoms with Gasteiger partial charge in [0.25, 0.3) is 0 Å². The van der Waals surface area contributed by atoms with E-state index < -0.39 is 0 Å². The van der Waals surface area contributed by atoms with E-state index in [1.807, 2.05) is 6.07 Å². The first kappa shape index (κ1) is 13.7. The van der Waals surface area contributed by atoms with Crippen molar-refractivity contribution < 1.29 is 4.39 Å². The van der Waals surface area contributed by atoms with Gasteiger partial charge in [-0.3, -0.25) is 11.3 Å². The summed E-state index contributed by atoms with van der Waals surface area (Å²) < 4.78 is 13.7. The predicted molar refractivity (Wildman–Crippen MR) is 76.0 cm³/mol. The van der Waals surface area contributed by atoms with Crippen LogP contribution in [0, 0.1) is 12.7 Å². The van der Waals surface area contributed by atoms with Crippen molar-refractivity contribution in [3.05, 3.63) is 71.0 Å². The van der Waals surface area contributed by atoms with Gasteiger partial charge in [-0.15, -0.1) is 0 Å². The van der Waals surface area contributed by atoms with Gasteiger partial charge in [-0.25, -0.2) is 4.39 Å². The highest BCUT2D eigenvalue weighted by Gasteiger charge is 2.13.